The van der Waals surface area contributed by atoms with Crippen molar-refractivity contribution in [1.29, 1.82) is 0 Å². The Morgan fingerprint density at radius 2 is 2.12 bits per heavy atom. The van der Waals surface area contributed by atoms with Gasteiger partial charge in [-0.05, 0) is 30.7 Å². The van der Waals surface area contributed by atoms with E-state index >= 15 is 0 Å². The van der Waals surface area contributed by atoms with E-state index in [-0.39, 0.29) is 17.6 Å². The van der Waals surface area contributed by atoms with Crippen LogP contribution in [-0.2, 0) is 4.79 Å². The molecule has 3 aromatic rings. The lowest BCUT2D eigenvalue weighted by atomic mass is 10.1. The minimum atomic E-state index is -0.648. The highest BCUT2D eigenvalue weighted by Gasteiger charge is 2.24. The first kappa shape index (κ1) is 15.1. The molecule has 0 radical (unpaired) electrons. The smallest absolute Gasteiger partial charge is 0.267 e. The molecule has 1 saturated heterocycles. The lowest BCUT2D eigenvalue weighted by Crippen LogP contribution is -2.30. The van der Waals surface area contributed by atoms with Crippen molar-refractivity contribution in [2.45, 2.75) is 12.5 Å². The number of anilines is 1. The van der Waals surface area contributed by atoms with Crippen molar-refractivity contribution >= 4 is 28.5 Å². The molecule has 2 aromatic heterocycles. The molecule has 1 atom stereocenters. The summed E-state index contributed by atoms with van der Waals surface area (Å²) >= 11 is 0. The van der Waals surface area contributed by atoms with E-state index < -0.39 is 5.91 Å². The van der Waals surface area contributed by atoms with Crippen LogP contribution in [-0.4, -0.2) is 39.4 Å². The lowest BCUT2D eigenvalue weighted by Gasteiger charge is -2.12. The Labute approximate surface area is 142 Å². The number of fused-ring (bicyclic) bond motifs is 1. The van der Waals surface area contributed by atoms with Crippen LogP contribution in [0.3, 0.4) is 0 Å². The van der Waals surface area contributed by atoms with Gasteiger partial charge in [0.2, 0.25) is 5.91 Å². The molecule has 4 rings (SSSR count). The Morgan fingerprint density at radius 3 is 2.88 bits per heavy atom. The van der Waals surface area contributed by atoms with Gasteiger partial charge in [-0.1, -0.05) is 0 Å². The van der Waals surface area contributed by atoms with Crippen LogP contribution in [0.5, 0.6) is 0 Å². The molecule has 0 spiro atoms. The standard InChI is InChI=1S/C17H16N6O2/c18-15(24)13-8-14(21-12-4-6-20-17(12)25)23-16(22-13)10-1-2-11-9(7-10)3-5-19-11/h1-3,5,7-8,12,19H,4,6H2,(H2,18,24)(H,20,25)(H,21,22,23). The molecule has 2 amide bonds. The zero-order valence-electron chi connectivity index (χ0n) is 13.2. The van der Waals surface area contributed by atoms with Gasteiger partial charge >= 0.3 is 0 Å². The molecule has 1 aliphatic rings. The Bertz CT molecular complexity index is 980. The second kappa shape index (κ2) is 5.90. The van der Waals surface area contributed by atoms with Gasteiger partial charge in [0, 0.05) is 35.3 Å². The average molecular weight is 336 g/mol. The van der Waals surface area contributed by atoms with Crippen molar-refractivity contribution in [2.24, 2.45) is 5.73 Å². The summed E-state index contributed by atoms with van der Waals surface area (Å²) in [6.07, 6.45) is 2.50. The van der Waals surface area contributed by atoms with E-state index in [1.807, 2.05) is 30.5 Å². The SMILES string of the molecule is NC(=O)c1cc(NC2CCNC2=O)nc(-c2ccc3[nH]ccc3c2)n1. The van der Waals surface area contributed by atoms with Crippen LogP contribution in [0, 0.1) is 0 Å². The topological polar surface area (TPSA) is 126 Å². The van der Waals surface area contributed by atoms with Crippen LogP contribution in [0.4, 0.5) is 5.82 Å². The normalized spacial score (nSPS) is 16.8. The molecule has 126 valence electrons. The maximum atomic E-state index is 11.8. The van der Waals surface area contributed by atoms with Crippen LogP contribution in [0.2, 0.25) is 0 Å². The first-order valence-electron chi connectivity index (χ1n) is 7.91. The summed E-state index contributed by atoms with van der Waals surface area (Å²) in [6, 6.07) is 8.74. The van der Waals surface area contributed by atoms with Gasteiger partial charge in [0.25, 0.3) is 5.91 Å². The van der Waals surface area contributed by atoms with Crippen molar-refractivity contribution in [2.75, 3.05) is 11.9 Å². The largest absolute Gasteiger partial charge is 0.364 e. The number of nitrogens with two attached hydrogens (primary N) is 1. The van der Waals surface area contributed by atoms with Crippen molar-refractivity contribution in [3.63, 3.8) is 0 Å². The predicted octanol–water partition coefficient (Wildman–Crippen LogP) is 1.02. The lowest BCUT2D eigenvalue weighted by molar-refractivity contribution is -0.119. The number of hydrogen-bond donors (Lipinski definition) is 4. The third-order valence-electron chi connectivity index (χ3n) is 4.16. The van der Waals surface area contributed by atoms with Gasteiger partial charge in [0.05, 0.1) is 0 Å². The highest BCUT2D eigenvalue weighted by atomic mass is 16.2. The number of nitrogens with one attached hydrogen (secondary N) is 3. The fraction of sp³-hybridized carbons (Fsp3) is 0.176. The second-order valence-electron chi connectivity index (χ2n) is 5.88. The van der Waals surface area contributed by atoms with Gasteiger partial charge in [-0.15, -0.1) is 0 Å². The number of H-pyrrole nitrogens is 1. The number of benzene rings is 1. The van der Waals surface area contributed by atoms with Crippen LogP contribution in [0.25, 0.3) is 22.3 Å². The summed E-state index contributed by atoms with van der Waals surface area (Å²) in [4.78, 5) is 35.2. The maximum Gasteiger partial charge on any atom is 0.267 e. The van der Waals surface area contributed by atoms with Gasteiger partial charge in [0.1, 0.15) is 17.6 Å². The summed E-state index contributed by atoms with van der Waals surface area (Å²) in [5.74, 6) is 0.0372. The predicted molar refractivity (Wildman–Crippen MR) is 92.9 cm³/mol. The van der Waals surface area contributed by atoms with Crippen LogP contribution < -0.4 is 16.4 Å². The number of carbonyl (C=O) groups is 2. The summed E-state index contributed by atoms with van der Waals surface area (Å²) < 4.78 is 0. The number of nitrogens with zero attached hydrogens (tertiary/aromatic N) is 2. The minimum absolute atomic E-state index is 0.0884. The molecule has 0 bridgehead atoms. The summed E-state index contributed by atoms with van der Waals surface area (Å²) in [6.45, 7) is 0.612. The molecular weight excluding hydrogens is 320 g/mol. The van der Waals surface area contributed by atoms with Gasteiger partial charge in [-0.2, -0.15) is 0 Å². The third kappa shape index (κ3) is 2.89. The zero-order chi connectivity index (χ0) is 17.4. The second-order valence-corrected chi connectivity index (χ2v) is 5.88. The van der Waals surface area contributed by atoms with Crippen molar-refractivity contribution < 1.29 is 9.59 Å². The quantitative estimate of drug-likeness (QED) is 0.566. The van der Waals surface area contributed by atoms with E-state index in [0.29, 0.717) is 24.6 Å². The molecule has 1 unspecified atom stereocenters. The van der Waals surface area contributed by atoms with Gasteiger partial charge in [0.15, 0.2) is 5.82 Å². The Kier molecular flexibility index (Phi) is 3.57. The number of carbonyl (C=O) groups excluding carboxylic acids is 2. The molecule has 0 saturated carbocycles. The molecule has 1 fully saturated rings. The van der Waals surface area contributed by atoms with E-state index in [1.54, 1.807) is 0 Å². The number of aromatic nitrogens is 3. The monoisotopic (exact) mass is 336 g/mol. The summed E-state index contributed by atoms with van der Waals surface area (Å²) in [7, 11) is 0. The summed E-state index contributed by atoms with van der Waals surface area (Å²) in [5, 5.41) is 6.81. The third-order valence-corrected chi connectivity index (χ3v) is 4.16. The first-order chi connectivity index (χ1) is 12.1. The number of aromatic amines is 1. The Morgan fingerprint density at radius 1 is 1.24 bits per heavy atom. The van der Waals surface area contributed by atoms with Crippen molar-refractivity contribution in [3.05, 3.63) is 42.2 Å². The molecule has 3 heterocycles. The van der Waals surface area contributed by atoms with E-state index in [1.165, 1.54) is 6.07 Å². The van der Waals surface area contributed by atoms with Crippen molar-refractivity contribution in [3.8, 4) is 11.4 Å². The van der Waals surface area contributed by atoms with E-state index in [2.05, 4.69) is 25.6 Å². The maximum absolute atomic E-state index is 11.8. The minimum Gasteiger partial charge on any atom is -0.364 e. The van der Waals surface area contributed by atoms with E-state index in [0.717, 1.165) is 16.5 Å². The molecule has 8 heteroatoms. The van der Waals surface area contributed by atoms with Crippen LogP contribution in [0.1, 0.15) is 16.9 Å². The molecule has 0 aliphatic carbocycles. The number of rotatable bonds is 4. The van der Waals surface area contributed by atoms with E-state index in [9.17, 15) is 9.59 Å². The molecule has 1 aliphatic heterocycles. The molecule has 8 nitrogen and oxygen atoms in total. The fourth-order valence-electron chi connectivity index (χ4n) is 2.88. The average Bonchev–Trinajstić information content (AvgIpc) is 3.23. The number of amides is 2. The Hall–Kier alpha value is -3.42. The number of primary amides is 1. The highest BCUT2D eigenvalue weighted by Crippen LogP contribution is 2.23. The molecule has 5 N–H and O–H groups in total. The summed E-state index contributed by atoms with van der Waals surface area (Å²) in [5.41, 5.74) is 7.25. The zero-order valence-corrected chi connectivity index (χ0v) is 13.2. The van der Waals surface area contributed by atoms with Crippen LogP contribution >= 0.6 is 0 Å². The van der Waals surface area contributed by atoms with Crippen molar-refractivity contribution in [1.82, 2.24) is 20.3 Å². The Balaban J connectivity index is 1.75. The fourth-order valence-corrected chi connectivity index (χ4v) is 2.88. The van der Waals surface area contributed by atoms with Gasteiger partial charge < -0.3 is 21.4 Å². The highest BCUT2D eigenvalue weighted by molar-refractivity contribution is 5.93. The molecular formula is C17H16N6O2. The molecule has 1 aromatic carbocycles. The first-order valence-corrected chi connectivity index (χ1v) is 7.91. The van der Waals surface area contributed by atoms with Gasteiger partial charge in [-0.3, -0.25) is 9.59 Å². The van der Waals surface area contributed by atoms with Crippen LogP contribution in [0.15, 0.2) is 36.5 Å². The number of hydrogen-bond acceptors (Lipinski definition) is 5. The van der Waals surface area contributed by atoms with E-state index in [4.69, 9.17) is 5.73 Å². The molecule has 25 heavy (non-hydrogen) atoms. The van der Waals surface area contributed by atoms with Gasteiger partial charge in [-0.25, -0.2) is 9.97 Å².